The Morgan fingerprint density at radius 2 is 2.00 bits per heavy atom. The van der Waals surface area contributed by atoms with Crippen LogP contribution in [0.25, 0.3) is 0 Å². The van der Waals surface area contributed by atoms with E-state index in [1.807, 2.05) is 13.2 Å². The van der Waals surface area contributed by atoms with Crippen LogP contribution in [-0.4, -0.2) is 39.2 Å². The van der Waals surface area contributed by atoms with Crippen LogP contribution in [0, 0.1) is 13.8 Å². The number of nitrogens with one attached hydrogen (secondary N) is 1. The van der Waals surface area contributed by atoms with Gasteiger partial charge in [0.1, 0.15) is 10.9 Å². The van der Waals surface area contributed by atoms with E-state index in [1.165, 1.54) is 11.8 Å². The molecule has 0 aromatic carbocycles. The van der Waals surface area contributed by atoms with Gasteiger partial charge in [0.15, 0.2) is 0 Å². The molecular weight excluding hydrogens is 290 g/mol. The molecule has 0 bridgehead atoms. The minimum absolute atomic E-state index is 0.0834. The lowest BCUT2D eigenvalue weighted by Gasteiger charge is -2.18. The van der Waals surface area contributed by atoms with Crippen LogP contribution < -0.4 is 5.32 Å². The summed E-state index contributed by atoms with van der Waals surface area (Å²) in [7, 11) is 0. The van der Waals surface area contributed by atoms with E-state index in [0.717, 1.165) is 6.42 Å². The highest BCUT2D eigenvalue weighted by Gasteiger charge is 2.21. The van der Waals surface area contributed by atoms with E-state index in [4.69, 9.17) is 5.11 Å². The molecule has 0 saturated heterocycles. The zero-order chi connectivity index (χ0) is 16.0. The minimum atomic E-state index is -0.921. The van der Waals surface area contributed by atoms with Crippen LogP contribution in [0.3, 0.4) is 0 Å². The number of aryl methyl sites for hydroxylation is 2. The van der Waals surface area contributed by atoms with Crippen LogP contribution in [0.1, 0.15) is 48.1 Å². The zero-order valence-corrected chi connectivity index (χ0v) is 13.6. The molecule has 1 atom stereocenters. The molecule has 0 saturated carbocycles. The average Bonchev–Trinajstić information content (AvgIpc) is 2.36. The van der Waals surface area contributed by atoms with Crippen LogP contribution >= 0.6 is 11.8 Å². The van der Waals surface area contributed by atoms with Gasteiger partial charge in [0.05, 0.1) is 17.7 Å². The molecule has 1 aromatic heterocycles. The highest BCUT2D eigenvalue weighted by Crippen LogP contribution is 2.20. The van der Waals surface area contributed by atoms with E-state index < -0.39 is 5.97 Å². The van der Waals surface area contributed by atoms with Gasteiger partial charge in [-0.25, -0.2) is 9.97 Å². The number of carbonyl (C=O) groups is 2. The Morgan fingerprint density at radius 1 is 1.33 bits per heavy atom. The molecule has 2 N–H and O–H groups in total. The highest BCUT2D eigenvalue weighted by molar-refractivity contribution is 7.98. The third-order valence-corrected chi connectivity index (χ3v) is 3.66. The van der Waals surface area contributed by atoms with Crippen molar-refractivity contribution in [2.75, 3.05) is 6.26 Å². The van der Waals surface area contributed by atoms with Gasteiger partial charge in [-0.05, 0) is 26.5 Å². The second kappa shape index (κ2) is 7.97. The molecule has 0 radical (unpaired) electrons. The van der Waals surface area contributed by atoms with Crippen LogP contribution in [-0.2, 0) is 4.79 Å². The van der Waals surface area contributed by atoms with Crippen LogP contribution in [0.15, 0.2) is 5.03 Å². The lowest BCUT2D eigenvalue weighted by Crippen LogP contribution is -2.37. The number of hydrogen-bond acceptors (Lipinski definition) is 5. The largest absolute Gasteiger partial charge is 0.481 e. The van der Waals surface area contributed by atoms with Gasteiger partial charge in [0.2, 0.25) is 0 Å². The summed E-state index contributed by atoms with van der Waals surface area (Å²) in [6.45, 7) is 5.49. The SMILES string of the molecule is CCCC(CC(=O)O)NC(=O)c1c(C)nc(C)nc1SC. The fraction of sp³-hybridized carbons (Fsp3) is 0.571. The lowest BCUT2D eigenvalue weighted by atomic mass is 10.1. The van der Waals surface area contributed by atoms with Crippen molar-refractivity contribution >= 4 is 23.6 Å². The quantitative estimate of drug-likeness (QED) is 0.592. The number of carboxylic acids is 1. The molecule has 21 heavy (non-hydrogen) atoms. The fourth-order valence-electron chi connectivity index (χ4n) is 2.13. The van der Waals surface area contributed by atoms with Gasteiger partial charge >= 0.3 is 5.97 Å². The summed E-state index contributed by atoms with van der Waals surface area (Å²) >= 11 is 1.38. The first kappa shape index (κ1) is 17.4. The van der Waals surface area contributed by atoms with E-state index in [0.29, 0.717) is 28.5 Å². The molecule has 0 spiro atoms. The summed E-state index contributed by atoms with van der Waals surface area (Å²) in [5.41, 5.74) is 1.04. The Kier molecular flexibility index (Phi) is 6.61. The Hall–Kier alpha value is -1.63. The molecule has 0 fully saturated rings. The maximum atomic E-state index is 12.4. The third kappa shape index (κ3) is 5.00. The van der Waals surface area contributed by atoms with E-state index >= 15 is 0 Å². The predicted molar refractivity (Wildman–Crippen MR) is 81.7 cm³/mol. The molecular formula is C14H21N3O3S. The number of aliphatic carboxylic acids is 1. The Bertz CT molecular complexity index is 534. The van der Waals surface area contributed by atoms with Gasteiger partial charge in [-0.2, -0.15) is 0 Å². The second-order valence-corrected chi connectivity index (χ2v) is 5.59. The predicted octanol–water partition coefficient (Wildman–Crippen LogP) is 2.19. The van der Waals surface area contributed by atoms with Gasteiger partial charge < -0.3 is 10.4 Å². The molecule has 1 amide bonds. The molecule has 1 unspecified atom stereocenters. The normalized spacial score (nSPS) is 12.0. The van der Waals surface area contributed by atoms with Crippen molar-refractivity contribution in [3.63, 3.8) is 0 Å². The van der Waals surface area contributed by atoms with Crippen molar-refractivity contribution in [1.29, 1.82) is 0 Å². The highest BCUT2D eigenvalue weighted by atomic mass is 32.2. The van der Waals surface area contributed by atoms with Gasteiger partial charge in [-0.1, -0.05) is 13.3 Å². The monoisotopic (exact) mass is 311 g/mol. The van der Waals surface area contributed by atoms with Crippen LogP contribution in [0.2, 0.25) is 0 Å². The number of hydrogen-bond donors (Lipinski definition) is 2. The number of carbonyl (C=O) groups excluding carboxylic acids is 1. The summed E-state index contributed by atoms with van der Waals surface area (Å²) in [5, 5.41) is 12.3. The zero-order valence-electron chi connectivity index (χ0n) is 12.8. The standard InChI is InChI=1S/C14H21N3O3S/c1-5-6-10(7-11(18)19)17-13(20)12-8(2)15-9(3)16-14(12)21-4/h10H,5-7H2,1-4H3,(H,17,20)(H,18,19). The summed E-state index contributed by atoms with van der Waals surface area (Å²) < 4.78 is 0. The summed E-state index contributed by atoms with van der Waals surface area (Å²) in [4.78, 5) is 31.8. The van der Waals surface area contributed by atoms with Crippen molar-refractivity contribution in [3.8, 4) is 0 Å². The Morgan fingerprint density at radius 3 is 2.52 bits per heavy atom. The van der Waals surface area contributed by atoms with Gasteiger partial charge in [0.25, 0.3) is 5.91 Å². The van der Waals surface area contributed by atoms with E-state index in [-0.39, 0.29) is 18.4 Å². The Balaban J connectivity index is 2.99. The third-order valence-electron chi connectivity index (χ3n) is 2.98. The van der Waals surface area contributed by atoms with Crippen molar-refractivity contribution in [2.45, 2.75) is 51.1 Å². The number of thioether (sulfide) groups is 1. The molecule has 1 rings (SSSR count). The number of rotatable bonds is 7. The van der Waals surface area contributed by atoms with Crippen LogP contribution in [0.4, 0.5) is 0 Å². The number of aromatic nitrogens is 2. The van der Waals surface area contributed by atoms with Crippen molar-refractivity contribution in [1.82, 2.24) is 15.3 Å². The first-order chi connectivity index (χ1) is 9.88. The molecule has 0 aliphatic carbocycles. The van der Waals surface area contributed by atoms with Crippen molar-refractivity contribution in [3.05, 3.63) is 17.1 Å². The topological polar surface area (TPSA) is 92.2 Å². The van der Waals surface area contributed by atoms with Gasteiger partial charge in [-0.3, -0.25) is 9.59 Å². The van der Waals surface area contributed by atoms with Gasteiger partial charge in [0, 0.05) is 6.04 Å². The minimum Gasteiger partial charge on any atom is -0.481 e. The summed E-state index contributed by atoms with van der Waals surface area (Å²) in [5.74, 6) is -0.615. The molecule has 6 nitrogen and oxygen atoms in total. The molecule has 0 aliphatic rings. The Labute approximate surface area is 128 Å². The average molecular weight is 311 g/mol. The van der Waals surface area contributed by atoms with Gasteiger partial charge in [-0.15, -0.1) is 11.8 Å². The van der Waals surface area contributed by atoms with E-state index in [9.17, 15) is 9.59 Å². The molecule has 1 heterocycles. The lowest BCUT2D eigenvalue weighted by molar-refractivity contribution is -0.137. The van der Waals surface area contributed by atoms with E-state index in [1.54, 1.807) is 13.8 Å². The smallest absolute Gasteiger partial charge is 0.305 e. The maximum Gasteiger partial charge on any atom is 0.305 e. The van der Waals surface area contributed by atoms with Crippen molar-refractivity contribution < 1.29 is 14.7 Å². The molecule has 0 aliphatic heterocycles. The number of carboxylic acid groups (broad SMARTS) is 1. The summed E-state index contributed by atoms with van der Waals surface area (Å²) in [6.07, 6.45) is 3.19. The molecule has 1 aromatic rings. The first-order valence-electron chi connectivity index (χ1n) is 6.80. The second-order valence-electron chi connectivity index (χ2n) is 4.80. The maximum absolute atomic E-state index is 12.4. The van der Waals surface area contributed by atoms with Crippen LogP contribution in [0.5, 0.6) is 0 Å². The van der Waals surface area contributed by atoms with E-state index in [2.05, 4.69) is 15.3 Å². The number of amides is 1. The first-order valence-corrected chi connectivity index (χ1v) is 8.03. The number of nitrogens with zero attached hydrogens (tertiary/aromatic N) is 2. The van der Waals surface area contributed by atoms with Crippen molar-refractivity contribution in [2.24, 2.45) is 0 Å². The summed E-state index contributed by atoms with van der Waals surface area (Å²) in [6, 6.07) is -0.379. The molecule has 116 valence electrons. The molecule has 7 heteroatoms. The fourth-order valence-corrected chi connectivity index (χ4v) is 2.80.